The van der Waals surface area contributed by atoms with Gasteiger partial charge in [0, 0.05) is 13.0 Å². The summed E-state index contributed by atoms with van der Waals surface area (Å²) < 4.78 is 0. The van der Waals surface area contributed by atoms with Crippen molar-refractivity contribution in [2.75, 3.05) is 13.1 Å². The third-order valence-electron chi connectivity index (χ3n) is 3.77. The Morgan fingerprint density at radius 3 is 2.69 bits per heavy atom. The van der Waals surface area contributed by atoms with Crippen LogP contribution in [0.4, 0.5) is 0 Å². The van der Waals surface area contributed by atoms with Crippen molar-refractivity contribution in [1.29, 1.82) is 0 Å². The Bertz CT molecular complexity index is 218. The fourth-order valence-electron chi connectivity index (χ4n) is 2.14. The summed E-state index contributed by atoms with van der Waals surface area (Å²) in [6.45, 7) is 6.03. The van der Waals surface area contributed by atoms with Gasteiger partial charge in [0.25, 0.3) is 0 Å². The molecule has 1 saturated carbocycles. The van der Waals surface area contributed by atoms with Crippen LogP contribution in [0, 0.1) is 17.8 Å². The van der Waals surface area contributed by atoms with Crippen LogP contribution >= 0.6 is 0 Å². The van der Waals surface area contributed by atoms with Crippen LogP contribution in [0.3, 0.4) is 0 Å². The Morgan fingerprint density at radius 2 is 2.19 bits per heavy atom. The second-order valence-corrected chi connectivity index (χ2v) is 5.17. The quantitative estimate of drug-likeness (QED) is 0.664. The van der Waals surface area contributed by atoms with Crippen LogP contribution in [0.25, 0.3) is 0 Å². The first-order valence-electron chi connectivity index (χ1n) is 6.64. The number of hydrogen-bond acceptors (Lipinski definition) is 2. The van der Waals surface area contributed by atoms with Crippen LogP contribution in [0.15, 0.2) is 0 Å². The molecule has 0 bridgehead atoms. The van der Waals surface area contributed by atoms with Crippen molar-refractivity contribution in [2.24, 2.45) is 23.5 Å². The molecule has 3 N–H and O–H groups in total. The van der Waals surface area contributed by atoms with E-state index in [1.54, 1.807) is 0 Å². The molecule has 1 rings (SSSR count). The maximum absolute atomic E-state index is 11.6. The minimum absolute atomic E-state index is 0.217. The van der Waals surface area contributed by atoms with E-state index < -0.39 is 0 Å². The van der Waals surface area contributed by atoms with Gasteiger partial charge in [-0.3, -0.25) is 4.79 Å². The van der Waals surface area contributed by atoms with Gasteiger partial charge in [0.05, 0.1) is 0 Å². The molecule has 0 saturated heterocycles. The molecule has 3 atom stereocenters. The predicted molar refractivity (Wildman–Crippen MR) is 67.0 cm³/mol. The first kappa shape index (κ1) is 13.5. The molecule has 0 spiro atoms. The van der Waals surface area contributed by atoms with Gasteiger partial charge in [-0.25, -0.2) is 0 Å². The normalized spacial score (nSPS) is 25.2. The zero-order chi connectivity index (χ0) is 12.0. The summed E-state index contributed by atoms with van der Waals surface area (Å²) in [7, 11) is 0. The maximum Gasteiger partial charge on any atom is 0.220 e. The molecule has 3 heteroatoms. The van der Waals surface area contributed by atoms with Crippen LogP contribution in [-0.4, -0.2) is 19.0 Å². The minimum Gasteiger partial charge on any atom is -0.356 e. The third kappa shape index (κ3) is 4.97. The summed E-state index contributed by atoms with van der Waals surface area (Å²) in [6, 6.07) is 0. The lowest BCUT2D eigenvalue weighted by Gasteiger charge is -2.13. The molecule has 1 amide bonds. The van der Waals surface area contributed by atoms with Gasteiger partial charge in [0.15, 0.2) is 0 Å². The summed E-state index contributed by atoms with van der Waals surface area (Å²) in [5.74, 6) is 2.40. The zero-order valence-corrected chi connectivity index (χ0v) is 10.7. The van der Waals surface area contributed by atoms with E-state index in [0.717, 1.165) is 44.2 Å². The highest BCUT2D eigenvalue weighted by Crippen LogP contribution is 2.36. The van der Waals surface area contributed by atoms with Crippen molar-refractivity contribution in [3.63, 3.8) is 0 Å². The lowest BCUT2D eigenvalue weighted by Crippen LogP contribution is -2.26. The van der Waals surface area contributed by atoms with Crippen molar-refractivity contribution in [1.82, 2.24) is 5.32 Å². The van der Waals surface area contributed by atoms with E-state index in [4.69, 9.17) is 5.73 Å². The largest absolute Gasteiger partial charge is 0.356 e. The van der Waals surface area contributed by atoms with Crippen LogP contribution in [0.1, 0.15) is 46.0 Å². The molecule has 1 fully saturated rings. The van der Waals surface area contributed by atoms with E-state index in [2.05, 4.69) is 19.2 Å². The van der Waals surface area contributed by atoms with E-state index in [0.29, 0.717) is 12.3 Å². The first-order valence-corrected chi connectivity index (χ1v) is 6.64. The highest BCUT2D eigenvalue weighted by molar-refractivity contribution is 5.75. The minimum atomic E-state index is 0.217. The molecule has 3 unspecified atom stereocenters. The molecule has 0 heterocycles. The van der Waals surface area contributed by atoms with Crippen LogP contribution in [0.5, 0.6) is 0 Å². The molecular formula is C13H26N2O. The van der Waals surface area contributed by atoms with Gasteiger partial charge in [-0.2, -0.15) is 0 Å². The number of amides is 1. The molecule has 3 nitrogen and oxygen atoms in total. The van der Waals surface area contributed by atoms with E-state index >= 15 is 0 Å². The van der Waals surface area contributed by atoms with Crippen LogP contribution in [-0.2, 0) is 4.79 Å². The smallest absolute Gasteiger partial charge is 0.220 e. The van der Waals surface area contributed by atoms with Crippen molar-refractivity contribution < 1.29 is 4.79 Å². The van der Waals surface area contributed by atoms with E-state index in [1.807, 2.05) is 0 Å². The summed E-state index contributed by atoms with van der Waals surface area (Å²) in [5, 5.41) is 3.03. The average molecular weight is 226 g/mol. The van der Waals surface area contributed by atoms with E-state index in [1.165, 1.54) is 6.42 Å². The molecule has 0 radical (unpaired) electrons. The Hall–Kier alpha value is -0.570. The topological polar surface area (TPSA) is 55.1 Å². The van der Waals surface area contributed by atoms with Gasteiger partial charge in [0.2, 0.25) is 5.91 Å². The lowest BCUT2D eigenvalue weighted by atomic mass is 9.96. The van der Waals surface area contributed by atoms with Gasteiger partial charge in [-0.05, 0) is 43.6 Å². The van der Waals surface area contributed by atoms with Crippen molar-refractivity contribution in [2.45, 2.75) is 46.0 Å². The zero-order valence-electron chi connectivity index (χ0n) is 10.7. The van der Waals surface area contributed by atoms with Gasteiger partial charge < -0.3 is 11.1 Å². The van der Waals surface area contributed by atoms with Gasteiger partial charge >= 0.3 is 0 Å². The Balaban J connectivity index is 2.04. The fraction of sp³-hybridized carbons (Fsp3) is 0.923. The molecule has 1 aliphatic rings. The van der Waals surface area contributed by atoms with E-state index in [-0.39, 0.29) is 5.91 Å². The van der Waals surface area contributed by atoms with E-state index in [9.17, 15) is 4.79 Å². The third-order valence-corrected chi connectivity index (χ3v) is 3.77. The SMILES string of the molecule is CCC(CCN)CCC(=O)NCC1CC1C. The maximum atomic E-state index is 11.6. The van der Waals surface area contributed by atoms with Crippen molar-refractivity contribution in [3.8, 4) is 0 Å². The second kappa shape index (κ2) is 6.89. The molecule has 0 aromatic heterocycles. The number of carbonyl (C=O) groups is 1. The second-order valence-electron chi connectivity index (χ2n) is 5.17. The summed E-state index contributed by atoms with van der Waals surface area (Å²) in [5.41, 5.74) is 5.53. The number of nitrogens with one attached hydrogen (secondary N) is 1. The number of nitrogens with two attached hydrogens (primary N) is 1. The molecular weight excluding hydrogens is 200 g/mol. The first-order chi connectivity index (χ1) is 7.67. The molecule has 0 aliphatic heterocycles. The van der Waals surface area contributed by atoms with Gasteiger partial charge in [-0.15, -0.1) is 0 Å². The standard InChI is InChI=1S/C13H26N2O/c1-3-11(6-7-14)4-5-13(16)15-9-12-8-10(12)2/h10-12H,3-9,14H2,1-2H3,(H,15,16). The summed E-state index contributed by atoms with van der Waals surface area (Å²) >= 11 is 0. The number of hydrogen-bond donors (Lipinski definition) is 2. The highest BCUT2D eigenvalue weighted by atomic mass is 16.1. The monoisotopic (exact) mass is 226 g/mol. The number of carbonyl (C=O) groups excluding carboxylic acids is 1. The highest BCUT2D eigenvalue weighted by Gasteiger charge is 2.32. The van der Waals surface area contributed by atoms with Crippen LogP contribution in [0.2, 0.25) is 0 Å². The molecule has 1 aliphatic carbocycles. The number of rotatable bonds is 8. The Morgan fingerprint density at radius 1 is 1.50 bits per heavy atom. The van der Waals surface area contributed by atoms with Crippen molar-refractivity contribution in [3.05, 3.63) is 0 Å². The average Bonchev–Trinajstić information content (AvgIpc) is 2.98. The molecule has 16 heavy (non-hydrogen) atoms. The molecule has 0 aromatic carbocycles. The summed E-state index contributed by atoms with van der Waals surface area (Å²) in [4.78, 5) is 11.6. The predicted octanol–water partition coefficient (Wildman–Crippen LogP) is 1.91. The van der Waals surface area contributed by atoms with Gasteiger partial charge in [0.1, 0.15) is 0 Å². The fourth-order valence-corrected chi connectivity index (χ4v) is 2.14. The lowest BCUT2D eigenvalue weighted by molar-refractivity contribution is -0.121. The van der Waals surface area contributed by atoms with Gasteiger partial charge in [-0.1, -0.05) is 20.3 Å². The van der Waals surface area contributed by atoms with Crippen LogP contribution < -0.4 is 11.1 Å². The summed E-state index contributed by atoms with van der Waals surface area (Å²) in [6.07, 6.45) is 5.11. The Kier molecular flexibility index (Phi) is 5.81. The Labute approximate surface area is 99.2 Å². The molecule has 0 aromatic rings. The molecule has 94 valence electrons. The van der Waals surface area contributed by atoms with Crippen molar-refractivity contribution >= 4 is 5.91 Å².